The molecule has 0 bridgehead atoms. The van der Waals surface area contributed by atoms with E-state index in [0.717, 1.165) is 17.0 Å². The molecule has 0 spiro atoms. The van der Waals surface area contributed by atoms with Crippen molar-refractivity contribution in [2.75, 3.05) is 25.1 Å². The summed E-state index contributed by atoms with van der Waals surface area (Å²) in [7, 11) is 1.63. The first-order chi connectivity index (χ1) is 15.7. The Balaban J connectivity index is 1.66. The lowest BCUT2D eigenvalue weighted by molar-refractivity contribution is 0.00801. The zero-order valence-corrected chi connectivity index (χ0v) is 19.7. The topological polar surface area (TPSA) is 96.0 Å². The summed E-state index contributed by atoms with van der Waals surface area (Å²) < 4.78 is 12.2. The van der Waals surface area contributed by atoms with Crippen molar-refractivity contribution in [1.29, 1.82) is 5.26 Å². The van der Waals surface area contributed by atoms with E-state index in [9.17, 15) is 10.1 Å². The molecule has 0 atom stereocenters. The number of imidazole rings is 1. The van der Waals surface area contributed by atoms with E-state index in [2.05, 4.69) is 21.1 Å². The van der Waals surface area contributed by atoms with Gasteiger partial charge in [-0.1, -0.05) is 23.7 Å². The van der Waals surface area contributed by atoms with Crippen molar-refractivity contribution in [3.05, 3.63) is 52.9 Å². The van der Waals surface area contributed by atoms with Crippen molar-refractivity contribution in [3.63, 3.8) is 0 Å². The van der Waals surface area contributed by atoms with Crippen LogP contribution in [0.3, 0.4) is 0 Å². The summed E-state index contributed by atoms with van der Waals surface area (Å²) in [6, 6.07) is 11.6. The smallest absolute Gasteiger partial charge is 0.410 e. The van der Waals surface area contributed by atoms with Gasteiger partial charge in [-0.15, -0.1) is 0 Å². The van der Waals surface area contributed by atoms with Crippen LogP contribution in [-0.4, -0.2) is 57.4 Å². The molecule has 3 heterocycles. The van der Waals surface area contributed by atoms with Crippen LogP contribution < -0.4 is 9.64 Å². The molecule has 0 unspecified atom stereocenters. The van der Waals surface area contributed by atoms with E-state index in [0.29, 0.717) is 31.0 Å². The summed E-state index contributed by atoms with van der Waals surface area (Å²) in [5, 5.41) is 13.9. The third-order valence-electron chi connectivity index (χ3n) is 5.31. The molecule has 0 aliphatic carbocycles. The Morgan fingerprint density at radius 2 is 2.00 bits per heavy atom. The van der Waals surface area contributed by atoms with Crippen LogP contribution in [0, 0.1) is 11.3 Å². The normalized spacial score (nSPS) is 14.0. The maximum atomic E-state index is 12.5. The Morgan fingerprint density at radius 1 is 1.30 bits per heavy atom. The maximum Gasteiger partial charge on any atom is 0.410 e. The summed E-state index contributed by atoms with van der Waals surface area (Å²) in [6.45, 7) is 7.06. The standard InChI is InChI=1S/C23H25ClN6O3/c1-23(2,3)33-22(31)28-13-17(14-28)29(12-15-5-7-18(32-4)8-6-15)19-9-20(24)27-30-16(10-25)11-26-21(19)30/h5-9,11,17H,12-14H2,1-4H3. The molecule has 1 amide bonds. The van der Waals surface area contributed by atoms with E-state index in [1.807, 2.05) is 45.0 Å². The van der Waals surface area contributed by atoms with Crippen molar-refractivity contribution in [2.24, 2.45) is 0 Å². The molecule has 9 nitrogen and oxygen atoms in total. The van der Waals surface area contributed by atoms with Crippen LogP contribution in [0.15, 0.2) is 36.5 Å². The predicted molar refractivity (Wildman–Crippen MR) is 123 cm³/mol. The lowest BCUT2D eigenvalue weighted by Gasteiger charge is -2.46. The minimum Gasteiger partial charge on any atom is -0.497 e. The minimum absolute atomic E-state index is 0.00382. The van der Waals surface area contributed by atoms with Gasteiger partial charge in [-0.3, -0.25) is 0 Å². The number of nitrogens with zero attached hydrogens (tertiary/aromatic N) is 6. The van der Waals surface area contributed by atoms with Gasteiger partial charge in [0, 0.05) is 25.7 Å². The van der Waals surface area contributed by atoms with Gasteiger partial charge in [0.2, 0.25) is 0 Å². The summed E-state index contributed by atoms with van der Waals surface area (Å²) in [5.74, 6) is 0.770. The van der Waals surface area contributed by atoms with Crippen LogP contribution in [0.5, 0.6) is 5.75 Å². The highest BCUT2D eigenvalue weighted by Gasteiger charge is 2.38. The monoisotopic (exact) mass is 468 g/mol. The fourth-order valence-corrected chi connectivity index (χ4v) is 3.86. The van der Waals surface area contributed by atoms with Crippen LogP contribution in [0.4, 0.5) is 10.5 Å². The summed E-state index contributed by atoms with van der Waals surface area (Å²) in [6.07, 6.45) is 1.13. The lowest BCUT2D eigenvalue weighted by Crippen LogP contribution is -2.61. The van der Waals surface area contributed by atoms with Gasteiger partial charge in [0.05, 0.1) is 25.0 Å². The molecule has 0 radical (unpaired) electrons. The third kappa shape index (κ3) is 4.81. The van der Waals surface area contributed by atoms with Crippen LogP contribution in [0.25, 0.3) is 5.65 Å². The number of nitriles is 1. The Morgan fingerprint density at radius 3 is 2.61 bits per heavy atom. The quantitative estimate of drug-likeness (QED) is 0.560. The third-order valence-corrected chi connectivity index (χ3v) is 5.49. The number of halogens is 1. The number of likely N-dealkylation sites (tertiary alicyclic amines) is 1. The van der Waals surface area contributed by atoms with Crippen LogP contribution in [0.1, 0.15) is 32.0 Å². The Labute approximate surface area is 197 Å². The van der Waals surface area contributed by atoms with E-state index in [1.54, 1.807) is 18.1 Å². The fourth-order valence-electron chi connectivity index (χ4n) is 3.68. The number of carbonyl (C=O) groups is 1. The van der Waals surface area contributed by atoms with Gasteiger partial charge in [0.15, 0.2) is 16.5 Å². The van der Waals surface area contributed by atoms with Crippen LogP contribution in [0.2, 0.25) is 5.15 Å². The van der Waals surface area contributed by atoms with Gasteiger partial charge in [0.25, 0.3) is 0 Å². The van der Waals surface area contributed by atoms with Crippen molar-refractivity contribution >= 4 is 29.0 Å². The molecule has 1 saturated heterocycles. The van der Waals surface area contributed by atoms with Gasteiger partial charge in [-0.05, 0) is 38.5 Å². The largest absolute Gasteiger partial charge is 0.497 e. The van der Waals surface area contributed by atoms with Gasteiger partial charge < -0.3 is 19.3 Å². The van der Waals surface area contributed by atoms with Crippen molar-refractivity contribution in [1.82, 2.24) is 19.5 Å². The number of rotatable bonds is 5. The highest BCUT2D eigenvalue weighted by atomic mass is 35.5. The number of aromatic nitrogens is 3. The summed E-state index contributed by atoms with van der Waals surface area (Å²) in [4.78, 5) is 20.7. The number of hydrogen-bond donors (Lipinski definition) is 0. The molecule has 2 aromatic heterocycles. The number of fused-ring (bicyclic) bond motifs is 1. The Bertz CT molecular complexity index is 1210. The number of anilines is 1. The summed E-state index contributed by atoms with van der Waals surface area (Å²) in [5.41, 5.74) is 2.05. The van der Waals surface area contributed by atoms with E-state index >= 15 is 0 Å². The van der Waals surface area contributed by atoms with Gasteiger partial charge in [-0.2, -0.15) is 14.9 Å². The van der Waals surface area contributed by atoms with Crippen molar-refractivity contribution in [3.8, 4) is 11.8 Å². The predicted octanol–water partition coefficient (Wildman–Crippen LogP) is 3.89. The number of methoxy groups -OCH3 is 1. The molecule has 1 aliphatic rings. The maximum absolute atomic E-state index is 12.5. The molecule has 0 saturated carbocycles. The molecule has 1 aromatic carbocycles. The van der Waals surface area contributed by atoms with Gasteiger partial charge in [0.1, 0.15) is 17.4 Å². The van der Waals surface area contributed by atoms with E-state index in [4.69, 9.17) is 21.1 Å². The highest BCUT2D eigenvalue weighted by Crippen LogP contribution is 2.31. The number of ether oxygens (including phenoxy) is 2. The minimum atomic E-state index is -0.556. The molecular weight excluding hydrogens is 444 g/mol. The number of carbonyl (C=O) groups excluding carboxylic acids is 1. The molecule has 0 N–H and O–H groups in total. The van der Waals surface area contributed by atoms with E-state index in [-0.39, 0.29) is 17.3 Å². The first kappa shape index (κ1) is 22.7. The second-order valence-electron chi connectivity index (χ2n) is 8.86. The zero-order valence-electron chi connectivity index (χ0n) is 18.9. The molecule has 1 aliphatic heterocycles. The average molecular weight is 469 g/mol. The molecule has 33 heavy (non-hydrogen) atoms. The molecule has 10 heteroatoms. The molecule has 4 rings (SSSR count). The van der Waals surface area contributed by atoms with E-state index < -0.39 is 5.60 Å². The number of hydrogen-bond acceptors (Lipinski definition) is 7. The number of amides is 1. The average Bonchev–Trinajstić information content (AvgIpc) is 3.13. The zero-order chi connectivity index (χ0) is 23.8. The first-order valence-corrected chi connectivity index (χ1v) is 10.9. The number of benzene rings is 1. The second-order valence-corrected chi connectivity index (χ2v) is 9.25. The van der Waals surface area contributed by atoms with Crippen LogP contribution in [-0.2, 0) is 11.3 Å². The van der Waals surface area contributed by atoms with Gasteiger partial charge >= 0.3 is 6.09 Å². The second kappa shape index (κ2) is 8.79. The highest BCUT2D eigenvalue weighted by molar-refractivity contribution is 6.29. The molecule has 172 valence electrons. The Hall–Kier alpha value is -3.51. The molecular formula is C23H25ClN6O3. The van der Waals surface area contributed by atoms with Gasteiger partial charge in [-0.25, -0.2) is 9.78 Å². The first-order valence-electron chi connectivity index (χ1n) is 10.5. The van der Waals surface area contributed by atoms with E-state index in [1.165, 1.54) is 10.7 Å². The molecule has 1 fully saturated rings. The molecule has 3 aromatic rings. The lowest BCUT2D eigenvalue weighted by atomic mass is 10.1. The van der Waals surface area contributed by atoms with Crippen molar-refractivity contribution < 1.29 is 14.3 Å². The SMILES string of the molecule is COc1ccc(CN(c2cc(Cl)nn3c(C#N)cnc23)C2CN(C(=O)OC(C)(C)C)C2)cc1. The Kier molecular flexibility index (Phi) is 6.04. The van der Waals surface area contributed by atoms with Crippen molar-refractivity contribution in [2.45, 2.75) is 39.0 Å². The fraction of sp³-hybridized carbons (Fsp3) is 0.391. The summed E-state index contributed by atoms with van der Waals surface area (Å²) >= 11 is 6.32. The van der Waals surface area contributed by atoms with Crippen LogP contribution >= 0.6 is 11.6 Å².